The predicted molar refractivity (Wildman–Crippen MR) is 82.3 cm³/mol. The highest BCUT2D eigenvalue weighted by molar-refractivity contribution is 8.00. The monoisotopic (exact) mass is 328 g/mol. The number of hydrogen-bond acceptors (Lipinski definition) is 2. The van der Waals surface area contributed by atoms with Crippen molar-refractivity contribution in [2.45, 2.75) is 55.7 Å². The van der Waals surface area contributed by atoms with Gasteiger partial charge < -0.3 is 0 Å². The Balaban J connectivity index is 1.86. The fourth-order valence-electron chi connectivity index (χ4n) is 3.70. The molecule has 22 heavy (non-hydrogen) atoms. The van der Waals surface area contributed by atoms with Crippen LogP contribution in [0.1, 0.15) is 53.6 Å². The molecular formula is C17H19F3OS. The predicted octanol–water partition coefficient (Wildman–Crippen LogP) is 5.26. The number of halogens is 3. The van der Waals surface area contributed by atoms with Crippen LogP contribution in [-0.2, 0) is 6.18 Å². The van der Waals surface area contributed by atoms with Crippen molar-refractivity contribution in [3.63, 3.8) is 0 Å². The van der Waals surface area contributed by atoms with Gasteiger partial charge in [-0.1, -0.05) is 18.6 Å². The number of fused-ring (bicyclic) bond motifs is 2. The summed E-state index contributed by atoms with van der Waals surface area (Å²) in [6.07, 6.45) is 0.704. The van der Waals surface area contributed by atoms with E-state index >= 15 is 0 Å². The summed E-state index contributed by atoms with van der Waals surface area (Å²) in [6, 6.07) is 3.95. The zero-order valence-corrected chi connectivity index (χ0v) is 13.3. The van der Waals surface area contributed by atoms with Crippen molar-refractivity contribution < 1.29 is 18.0 Å². The number of rotatable bonds is 2. The van der Waals surface area contributed by atoms with Gasteiger partial charge in [0.1, 0.15) is 0 Å². The van der Waals surface area contributed by atoms with Crippen molar-refractivity contribution in [2.75, 3.05) is 0 Å². The molecule has 2 unspecified atom stereocenters. The molecular weight excluding hydrogens is 309 g/mol. The van der Waals surface area contributed by atoms with Gasteiger partial charge in [-0.15, -0.1) is 0 Å². The fraction of sp³-hybridized carbons (Fsp3) is 0.588. The van der Waals surface area contributed by atoms with Crippen LogP contribution in [0.4, 0.5) is 13.2 Å². The molecule has 1 aromatic carbocycles. The zero-order valence-electron chi connectivity index (χ0n) is 12.5. The molecule has 2 aliphatic heterocycles. The SMILES string of the molecule is Cc1c(C(=O)C2CC3CCCC(C2)S3)cccc1C(F)(F)F. The van der Waals surface area contributed by atoms with Crippen LogP contribution >= 0.6 is 11.8 Å². The molecule has 0 amide bonds. The summed E-state index contributed by atoms with van der Waals surface area (Å²) in [5.74, 6) is -0.209. The highest BCUT2D eigenvalue weighted by Gasteiger charge is 2.38. The van der Waals surface area contributed by atoms with Gasteiger partial charge in [0.25, 0.3) is 0 Å². The lowest BCUT2D eigenvalue weighted by Crippen LogP contribution is -2.33. The van der Waals surface area contributed by atoms with E-state index in [4.69, 9.17) is 0 Å². The molecule has 2 bridgehead atoms. The Labute approximate surface area is 132 Å². The van der Waals surface area contributed by atoms with Gasteiger partial charge >= 0.3 is 6.18 Å². The largest absolute Gasteiger partial charge is 0.416 e. The van der Waals surface area contributed by atoms with Crippen LogP contribution in [0.15, 0.2) is 18.2 Å². The Kier molecular flexibility index (Phi) is 4.27. The molecule has 2 aliphatic rings. The first-order valence-electron chi connectivity index (χ1n) is 7.72. The lowest BCUT2D eigenvalue weighted by molar-refractivity contribution is -0.138. The van der Waals surface area contributed by atoms with E-state index in [2.05, 4.69) is 0 Å². The van der Waals surface area contributed by atoms with Crippen molar-refractivity contribution in [3.8, 4) is 0 Å². The van der Waals surface area contributed by atoms with Crippen molar-refractivity contribution >= 4 is 17.5 Å². The van der Waals surface area contributed by atoms with E-state index in [1.54, 1.807) is 6.07 Å². The van der Waals surface area contributed by atoms with Crippen molar-refractivity contribution in [2.24, 2.45) is 5.92 Å². The fourth-order valence-corrected chi connectivity index (χ4v) is 5.54. The highest BCUT2D eigenvalue weighted by atomic mass is 32.2. The Hall–Kier alpha value is -0.970. The lowest BCUT2D eigenvalue weighted by atomic mass is 9.83. The van der Waals surface area contributed by atoms with Gasteiger partial charge in [-0.2, -0.15) is 24.9 Å². The summed E-state index contributed by atoms with van der Waals surface area (Å²) in [4.78, 5) is 12.8. The van der Waals surface area contributed by atoms with Crippen LogP contribution in [0, 0.1) is 12.8 Å². The maximum absolute atomic E-state index is 13.0. The standard InChI is InChI=1S/C17H19F3OS/c1-10-14(6-3-7-15(10)17(18,19)20)16(21)11-8-12-4-2-5-13(9-11)22-12/h3,6-7,11-13H,2,4-5,8-9H2,1H3. The Morgan fingerprint density at radius 1 is 1.18 bits per heavy atom. The van der Waals surface area contributed by atoms with Gasteiger partial charge in [0.2, 0.25) is 0 Å². The van der Waals surface area contributed by atoms with Gasteiger partial charge in [-0.05, 0) is 44.2 Å². The average Bonchev–Trinajstić information content (AvgIpc) is 2.45. The van der Waals surface area contributed by atoms with E-state index in [9.17, 15) is 18.0 Å². The first kappa shape index (κ1) is 15.9. The van der Waals surface area contributed by atoms with Crippen LogP contribution in [0.3, 0.4) is 0 Å². The second-order valence-electron chi connectivity index (χ2n) is 6.32. The van der Waals surface area contributed by atoms with Crippen LogP contribution < -0.4 is 0 Å². The third-order valence-electron chi connectivity index (χ3n) is 4.81. The summed E-state index contributed by atoms with van der Waals surface area (Å²) >= 11 is 1.97. The number of benzene rings is 1. The third-order valence-corrected chi connectivity index (χ3v) is 6.43. The summed E-state index contributed by atoms with van der Waals surface area (Å²) in [6.45, 7) is 1.41. The molecule has 2 saturated heterocycles. The van der Waals surface area contributed by atoms with Crippen molar-refractivity contribution in [1.82, 2.24) is 0 Å². The Morgan fingerprint density at radius 3 is 2.41 bits per heavy atom. The second-order valence-corrected chi connectivity index (χ2v) is 7.92. The number of thioether (sulfide) groups is 1. The number of Topliss-reactive ketones (excluding diaryl/α,β-unsaturated/α-hetero) is 1. The van der Waals surface area contributed by atoms with E-state index in [1.807, 2.05) is 11.8 Å². The third kappa shape index (κ3) is 3.05. The molecule has 5 heteroatoms. The van der Waals surface area contributed by atoms with Gasteiger partial charge in [0.15, 0.2) is 5.78 Å². The van der Waals surface area contributed by atoms with Crippen LogP contribution in [0.5, 0.6) is 0 Å². The van der Waals surface area contributed by atoms with Crippen molar-refractivity contribution in [1.29, 1.82) is 0 Å². The van der Waals surface area contributed by atoms with Crippen LogP contribution in [0.25, 0.3) is 0 Å². The molecule has 1 aromatic rings. The minimum Gasteiger partial charge on any atom is -0.294 e. The number of carbonyl (C=O) groups excluding carboxylic acids is 1. The van der Waals surface area contributed by atoms with E-state index in [0.717, 1.165) is 31.7 Å². The molecule has 0 radical (unpaired) electrons. The van der Waals surface area contributed by atoms with E-state index in [-0.39, 0.29) is 22.8 Å². The quantitative estimate of drug-likeness (QED) is 0.689. The molecule has 3 rings (SSSR count). The smallest absolute Gasteiger partial charge is 0.294 e. The minimum absolute atomic E-state index is 0.0726. The summed E-state index contributed by atoms with van der Waals surface area (Å²) < 4.78 is 39.0. The summed E-state index contributed by atoms with van der Waals surface area (Å²) in [5.41, 5.74) is -0.364. The van der Waals surface area contributed by atoms with Crippen LogP contribution in [0.2, 0.25) is 0 Å². The molecule has 0 saturated carbocycles. The molecule has 0 aromatic heterocycles. The highest BCUT2D eigenvalue weighted by Crippen LogP contribution is 2.45. The minimum atomic E-state index is -4.40. The molecule has 1 nitrogen and oxygen atoms in total. The number of ketones is 1. The molecule has 2 atom stereocenters. The van der Waals surface area contributed by atoms with Gasteiger partial charge in [0, 0.05) is 22.0 Å². The zero-order chi connectivity index (χ0) is 15.9. The maximum atomic E-state index is 13.0. The summed E-state index contributed by atoms with van der Waals surface area (Å²) in [5, 5.41) is 1.01. The average molecular weight is 328 g/mol. The van der Waals surface area contributed by atoms with Gasteiger partial charge in [-0.25, -0.2) is 0 Å². The molecule has 2 fully saturated rings. The molecule has 2 heterocycles. The summed E-state index contributed by atoms with van der Waals surface area (Å²) in [7, 11) is 0. The van der Waals surface area contributed by atoms with Gasteiger partial charge in [-0.3, -0.25) is 4.79 Å². The first-order chi connectivity index (χ1) is 10.4. The van der Waals surface area contributed by atoms with E-state index in [1.165, 1.54) is 19.4 Å². The van der Waals surface area contributed by atoms with Crippen LogP contribution in [-0.4, -0.2) is 16.3 Å². The Morgan fingerprint density at radius 2 is 1.82 bits per heavy atom. The van der Waals surface area contributed by atoms with E-state index < -0.39 is 11.7 Å². The maximum Gasteiger partial charge on any atom is 0.416 e. The first-order valence-corrected chi connectivity index (χ1v) is 8.67. The molecule has 120 valence electrons. The molecule has 0 spiro atoms. The number of hydrogen-bond donors (Lipinski definition) is 0. The lowest BCUT2D eigenvalue weighted by Gasteiger charge is -2.38. The topological polar surface area (TPSA) is 17.1 Å². The number of carbonyl (C=O) groups is 1. The number of alkyl halides is 3. The van der Waals surface area contributed by atoms with Gasteiger partial charge in [0.05, 0.1) is 5.56 Å². The second kappa shape index (κ2) is 5.91. The Bertz CT molecular complexity index is 570. The van der Waals surface area contributed by atoms with E-state index in [0.29, 0.717) is 10.5 Å². The molecule has 0 aliphatic carbocycles. The normalized spacial score (nSPS) is 28.5. The molecule has 0 N–H and O–H groups in total. The van der Waals surface area contributed by atoms with Crippen molar-refractivity contribution in [3.05, 3.63) is 34.9 Å².